The Kier molecular flexibility index (Phi) is 4.04. The molecule has 0 aromatic carbocycles. The summed E-state index contributed by atoms with van der Waals surface area (Å²) in [6.07, 6.45) is 5.82. The summed E-state index contributed by atoms with van der Waals surface area (Å²) in [5.41, 5.74) is 1.42. The third-order valence-electron chi connectivity index (χ3n) is 2.24. The molecule has 0 bridgehead atoms. The number of halogens is 1. The molecule has 0 aliphatic heterocycles. The number of rotatable bonds is 1. The van der Waals surface area contributed by atoms with Gasteiger partial charge in [0.2, 0.25) is 0 Å². The van der Waals surface area contributed by atoms with Crippen molar-refractivity contribution in [3.8, 4) is 0 Å². The highest BCUT2D eigenvalue weighted by Crippen LogP contribution is 2.12. The van der Waals surface area contributed by atoms with Crippen LogP contribution in [0.1, 0.15) is 10.4 Å². The van der Waals surface area contributed by atoms with Crippen LogP contribution in [-0.4, -0.2) is 21.2 Å². The number of fused-ring (bicyclic) bond motifs is 1. The molecule has 4 nitrogen and oxygen atoms in total. The Morgan fingerprint density at radius 1 is 1.11 bits per heavy atom. The third kappa shape index (κ3) is 2.93. The maximum absolute atomic E-state index is 10.4. The van der Waals surface area contributed by atoms with Gasteiger partial charge in [-0.1, -0.05) is 17.7 Å². The maximum atomic E-state index is 10.4. The second-order valence-electron chi connectivity index (χ2n) is 3.41. The van der Waals surface area contributed by atoms with Gasteiger partial charge in [-0.3, -0.25) is 4.79 Å². The average Bonchev–Trinajstić information content (AvgIpc) is 2.83. The molecule has 3 aromatic heterocycles. The Labute approximate surface area is 109 Å². The van der Waals surface area contributed by atoms with Crippen LogP contribution in [-0.2, 0) is 0 Å². The summed E-state index contributed by atoms with van der Waals surface area (Å²) < 4.78 is 0. The van der Waals surface area contributed by atoms with Crippen molar-refractivity contribution in [2.75, 3.05) is 0 Å². The summed E-state index contributed by atoms with van der Waals surface area (Å²) in [4.78, 5) is 21.1. The van der Waals surface area contributed by atoms with Crippen LogP contribution < -0.4 is 0 Å². The topological polar surface area (TPSA) is 58.6 Å². The maximum Gasteiger partial charge on any atom is 0.152 e. The number of carbonyl (C=O) groups excluding carboxylic acids is 1. The number of nitrogens with zero attached hydrogens (tertiary/aromatic N) is 2. The second kappa shape index (κ2) is 5.93. The predicted octanol–water partition coefficient (Wildman–Crippen LogP) is 3.11. The monoisotopic (exact) mass is 259 g/mol. The average molecular weight is 260 g/mol. The van der Waals surface area contributed by atoms with E-state index in [-0.39, 0.29) is 0 Å². The van der Waals surface area contributed by atoms with Crippen LogP contribution in [0.5, 0.6) is 0 Å². The third-order valence-corrected chi connectivity index (χ3v) is 2.46. The lowest BCUT2D eigenvalue weighted by molar-refractivity contribution is 0.112. The fourth-order valence-electron chi connectivity index (χ4n) is 1.42. The quantitative estimate of drug-likeness (QED) is 0.540. The number of pyridine rings is 2. The normalized spacial score (nSPS) is 9.61. The van der Waals surface area contributed by atoms with Crippen LogP contribution in [0.2, 0.25) is 5.15 Å². The molecule has 0 spiro atoms. The van der Waals surface area contributed by atoms with Gasteiger partial charge in [0.05, 0.1) is 0 Å². The van der Waals surface area contributed by atoms with Crippen LogP contribution in [0.3, 0.4) is 0 Å². The summed E-state index contributed by atoms with van der Waals surface area (Å²) in [5, 5.41) is 1.42. The highest BCUT2D eigenvalue weighted by molar-refractivity contribution is 6.29. The van der Waals surface area contributed by atoms with Gasteiger partial charge in [-0.15, -0.1) is 0 Å². The van der Waals surface area contributed by atoms with Gasteiger partial charge in [0.25, 0.3) is 0 Å². The molecule has 90 valence electrons. The number of nitrogens with one attached hydrogen (secondary N) is 1. The lowest BCUT2D eigenvalue weighted by atomic mass is 10.2. The molecule has 18 heavy (non-hydrogen) atoms. The first kappa shape index (κ1) is 12.3. The minimum atomic E-state index is 0.544. The van der Waals surface area contributed by atoms with Gasteiger partial charge < -0.3 is 4.98 Å². The molecule has 0 saturated heterocycles. The van der Waals surface area contributed by atoms with E-state index in [9.17, 15) is 4.79 Å². The fraction of sp³-hybridized carbons (Fsp3) is 0. The van der Waals surface area contributed by atoms with E-state index < -0.39 is 0 Å². The first-order chi connectivity index (χ1) is 8.81. The summed E-state index contributed by atoms with van der Waals surface area (Å²) in [6, 6.07) is 9.08. The summed E-state index contributed by atoms with van der Waals surface area (Å²) in [7, 11) is 0. The number of hydrogen-bond donors (Lipinski definition) is 1. The van der Waals surface area contributed by atoms with E-state index in [1.807, 2.05) is 24.3 Å². The molecule has 0 aliphatic carbocycles. The van der Waals surface area contributed by atoms with Crippen LogP contribution in [0.4, 0.5) is 0 Å². The van der Waals surface area contributed by atoms with E-state index in [1.54, 1.807) is 24.7 Å². The van der Waals surface area contributed by atoms with Crippen molar-refractivity contribution in [2.45, 2.75) is 0 Å². The van der Waals surface area contributed by atoms with Crippen molar-refractivity contribution < 1.29 is 4.79 Å². The molecule has 3 heterocycles. The van der Waals surface area contributed by atoms with E-state index in [0.29, 0.717) is 10.7 Å². The first-order valence-corrected chi connectivity index (χ1v) is 5.63. The minimum Gasteiger partial charge on any atom is -0.345 e. The molecule has 0 atom stereocenters. The van der Waals surface area contributed by atoms with Crippen molar-refractivity contribution in [3.63, 3.8) is 0 Å². The fourth-order valence-corrected chi connectivity index (χ4v) is 1.55. The van der Waals surface area contributed by atoms with Crippen LogP contribution >= 0.6 is 11.6 Å². The molecule has 1 N–H and O–H groups in total. The molecular weight excluding hydrogens is 250 g/mol. The van der Waals surface area contributed by atoms with Crippen molar-refractivity contribution in [3.05, 3.63) is 59.6 Å². The Morgan fingerprint density at radius 3 is 2.56 bits per heavy atom. The van der Waals surface area contributed by atoms with Crippen LogP contribution in [0.15, 0.2) is 48.9 Å². The number of aromatic nitrogens is 3. The Morgan fingerprint density at radius 2 is 1.94 bits per heavy atom. The van der Waals surface area contributed by atoms with Gasteiger partial charge >= 0.3 is 0 Å². The van der Waals surface area contributed by atoms with Gasteiger partial charge in [-0.2, -0.15) is 0 Å². The predicted molar refractivity (Wildman–Crippen MR) is 70.7 cm³/mol. The number of aromatic amines is 1. The smallest absolute Gasteiger partial charge is 0.152 e. The zero-order valence-corrected chi connectivity index (χ0v) is 10.1. The minimum absolute atomic E-state index is 0.544. The lowest BCUT2D eigenvalue weighted by Gasteiger charge is -1.85. The van der Waals surface area contributed by atoms with E-state index in [2.05, 4.69) is 15.0 Å². The highest BCUT2D eigenvalue weighted by Gasteiger charge is 2.00. The number of H-pyrrole nitrogens is 1. The second-order valence-corrected chi connectivity index (χ2v) is 3.80. The molecule has 3 rings (SSSR count). The Bertz CT molecular complexity index is 637. The highest BCUT2D eigenvalue weighted by atomic mass is 35.5. The summed E-state index contributed by atoms with van der Waals surface area (Å²) in [6.45, 7) is 0. The zero-order chi connectivity index (χ0) is 12.8. The van der Waals surface area contributed by atoms with Gasteiger partial charge in [0.1, 0.15) is 10.8 Å². The number of carbonyl (C=O) groups is 1. The van der Waals surface area contributed by atoms with E-state index in [0.717, 1.165) is 17.3 Å². The summed E-state index contributed by atoms with van der Waals surface area (Å²) >= 11 is 5.43. The molecule has 0 fully saturated rings. The molecule has 0 radical (unpaired) electrons. The molecule has 5 heteroatoms. The lowest BCUT2D eigenvalue weighted by Crippen LogP contribution is -1.75. The molecular formula is C13H10ClN3O. The van der Waals surface area contributed by atoms with Crippen molar-refractivity contribution in [1.82, 2.24) is 15.0 Å². The van der Waals surface area contributed by atoms with Gasteiger partial charge in [-0.05, 0) is 24.3 Å². The van der Waals surface area contributed by atoms with E-state index in [4.69, 9.17) is 11.6 Å². The van der Waals surface area contributed by atoms with Gasteiger partial charge in [0.15, 0.2) is 6.29 Å². The number of aldehydes is 1. The van der Waals surface area contributed by atoms with Crippen LogP contribution in [0, 0.1) is 0 Å². The SMILES string of the molecule is Clc1ccccn1.O=Cc1c[nH]c2ncccc12. The van der Waals surface area contributed by atoms with Crippen LogP contribution in [0.25, 0.3) is 11.0 Å². The van der Waals surface area contributed by atoms with Crippen molar-refractivity contribution in [2.24, 2.45) is 0 Å². The Hall–Kier alpha value is -2.20. The molecule has 0 amide bonds. The standard InChI is InChI=1S/C8H6N2O.C5H4ClN/c11-5-6-4-10-8-7(6)2-1-3-9-8;6-5-3-1-2-4-7-5/h1-5H,(H,9,10);1-4H. The van der Waals surface area contributed by atoms with E-state index in [1.165, 1.54) is 0 Å². The molecule has 3 aromatic rings. The van der Waals surface area contributed by atoms with Crippen molar-refractivity contribution >= 4 is 28.9 Å². The molecule has 0 aliphatic rings. The first-order valence-electron chi connectivity index (χ1n) is 5.25. The largest absolute Gasteiger partial charge is 0.345 e. The summed E-state index contributed by atoms with van der Waals surface area (Å²) in [5.74, 6) is 0. The van der Waals surface area contributed by atoms with Gasteiger partial charge in [-0.25, -0.2) is 9.97 Å². The molecule has 0 unspecified atom stereocenters. The Balaban J connectivity index is 0.000000149. The van der Waals surface area contributed by atoms with Gasteiger partial charge in [0, 0.05) is 29.5 Å². The number of hydrogen-bond acceptors (Lipinski definition) is 3. The van der Waals surface area contributed by atoms with E-state index >= 15 is 0 Å². The van der Waals surface area contributed by atoms with Crippen molar-refractivity contribution in [1.29, 1.82) is 0 Å². The molecule has 0 saturated carbocycles. The zero-order valence-electron chi connectivity index (χ0n) is 9.38.